The number of benzene rings is 2. The SMILES string of the molecule is CC(=O)Nc1ccc(NCC(=O)NCCc2ccc(F)cc2)c(C(F)(F)F)c1. The number of anilines is 2. The first-order valence-electron chi connectivity index (χ1n) is 8.39. The number of amides is 2. The lowest BCUT2D eigenvalue weighted by Crippen LogP contribution is -2.31. The second-order valence-electron chi connectivity index (χ2n) is 6.02. The van der Waals surface area contributed by atoms with Gasteiger partial charge in [-0.1, -0.05) is 12.1 Å². The monoisotopic (exact) mass is 397 g/mol. The maximum Gasteiger partial charge on any atom is 0.418 e. The van der Waals surface area contributed by atoms with E-state index in [2.05, 4.69) is 16.0 Å². The molecule has 2 aromatic carbocycles. The molecule has 0 spiro atoms. The highest BCUT2D eigenvalue weighted by Crippen LogP contribution is 2.36. The summed E-state index contributed by atoms with van der Waals surface area (Å²) in [6.07, 6.45) is -4.19. The van der Waals surface area contributed by atoms with Crippen molar-refractivity contribution in [3.8, 4) is 0 Å². The number of halogens is 4. The van der Waals surface area contributed by atoms with E-state index in [9.17, 15) is 27.2 Å². The van der Waals surface area contributed by atoms with Crippen LogP contribution in [0.1, 0.15) is 18.1 Å². The Kier molecular flexibility index (Phi) is 6.97. The molecule has 5 nitrogen and oxygen atoms in total. The van der Waals surface area contributed by atoms with Crippen molar-refractivity contribution in [2.75, 3.05) is 23.7 Å². The lowest BCUT2D eigenvalue weighted by Gasteiger charge is -2.16. The van der Waals surface area contributed by atoms with Crippen LogP contribution in [0.25, 0.3) is 0 Å². The number of carbonyl (C=O) groups is 2. The Balaban J connectivity index is 1.92. The van der Waals surface area contributed by atoms with Crippen molar-refractivity contribution in [2.45, 2.75) is 19.5 Å². The van der Waals surface area contributed by atoms with Gasteiger partial charge in [0.25, 0.3) is 0 Å². The molecule has 28 heavy (non-hydrogen) atoms. The van der Waals surface area contributed by atoms with Crippen molar-refractivity contribution in [3.05, 3.63) is 59.4 Å². The van der Waals surface area contributed by atoms with Crippen LogP contribution >= 0.6 is 0 Å². The summed E-state index contributed by atoms with van der Waals surface area (Å²) in [6, 6.07) is 9.06. The van der Waals surface area contributed by atoms with Gasteiger partial charge in [0.05, 0.1) is 12.1 Å². The van der Waals surface area contributed by atoms with E-state index in [0.29, 0.717) is 6.42 Å². The molecular weight excluding hydrogens is 378 g/mol. The summed E-state index contributed by atoms with van der Waals surface area (Å²) >= 11 is 0. The predicted octanol–water partition coefficient (Wildman–Crippen LogP) is 3.57. The van der Waals surface area contributed by atoms with Gasteiger partial charge in [-0.05, 0) is 42.3 Å². The van der Waals surface area contributed by atoms with Gasteiger partial charge in [0.1, 0.15) is 5.82 Å². The summed E-state index contributed by atoms with van der Waals surface area (Å²) in [5, 5.41) is 7.33. The molecule has 3 N–H and O–H groups in total. The molecule has 0 aliphatic rings. The van der Waals surface area contributed by atoms with E-state index >= 15 is 0 Å². The molecule has 0 aliphatic carbocycles. The Morgan fingerprint density at radius 2 is 1.71 bits per heavy atom. The van der Waals surface area contributed by atoms with Crippen molar-refractivity contribution in [2.24, 2.45) is 0 Å². The third-order valence-electron chi connectivity index (χ3n) is 3.73. The molecule has 2 aromatic rings. The van der Waals surface area contributed by atoms with Crippen molar-refractivity contribution in [1.82, 2.24) is 5.32 Å². The predicted molar refractivity (Wildman–Crippen MR) is 97.4 cm³/mol. The highest BCUT2D eigenvalue weighted by molar-refractivity contribution is 5.89. The molecule has 0 saturated heterocycles. The lowest BCUT2D eigenvalue weighted by molar-refractivity contribution is -0.137. The average molecular weight is 397 g/mol. The van der Waals surface area contributed by atoms with Gasteiger partial charge in [-0.15, -0.1) is 0 Å². The van der Waals surface area contributed by atoms with E-state index in [0.717, 1.165) is 17.7 Å². The fourth-order valence-electron chi connectivity index (χ4n) is 2.45. The highest BCUT2D eigenvalue weighted by atomic mass is 19.4. The zero-order valence-electron chi connectivity index (χ0n) is 15.0. The van der Waals surface area contributed by atoms with Crippen LogP contribution < -0.4 is 16.0 Å². The molecule has 150 valence electrons. The molecule has 0 radical (unpaired) electrons. The molecule has 0 fully saturated rings. The molecule has 0 unspecified atom stereocenters. The molecule has 0 saturated carbocycles. The summed E-state index contributed by atoms with van der Waals surface area (Å²) < 4.78 is 52.5. The average Bonchev–Trinajstić information content (AvgIpc) is 2.61. The van der Waals surface area contributed by atoms with Crippen molar-refractivity contribution in [3.63, 3.8) is 0 Å². The van der Waals surface area contributed by atoms with Gasteiger partial charge in [0.2, 0.25) is 11.8 Å². The fourth-order valence-corrected chi connectivity index (χ4v) is 2.45. The van der Waals surface area contributed by atoms with Crippen molar-refractivity contribution in [1.29, 1.82) is 0 Å². The molecule has 0 bridgehead atoms. The van der Waals surface area contributed by atoms with Gasteiger partial charge in [0, 0.05) is 24.8 Å². The van der Waals surface area contributed by atoms with Crippen LogP contribution in [-0.4, -0.2) is 24.9 Å². The van der Waals surface area contributed by atoms with E-state index < -0.39 is 23.6 Å². The van der Waals surface area contributed by atoms with Crippen LogP contribution in [0.5, 0.6) is 0 Å². The Morgan fingerprint density at radius 3 is 2.32 bits per heavy atom. The van der Waals surface area contributed by atoms with Crippen LogP contribution in [0.15, 0.2) is 42.5 Å². The molecule has 0 aliphatic heterocycles. The summed E-state index contributed by atoms with van der Waals surface area (Å²) in [4.78, 5) is 22.9. The standard InChI is InChI=1S/C19H19F4N3O2/c1-12(27)26-15-6-7-17(16(10-15)19(21,22)23)25-11-18(28)24-9-8-13-2-4-14(20)5-3-13/h2-7,10,25H,8-9,11H2,1H3,(H,24,28)(H,26,27). The second-order valence-corrected chi connectivity index (χ2v) is 6.02. The molecule has 0 aromatic heterocycles. The number of carbonyl (C=O) groups excluding carboxylic acids is 2. The Hall–Kier alpha value is -3.10. The van der Waals surface area contributed by atoms with Gasteiger partial charge in [0.15, 0.2) is 0 Å². The molecule has 9 heteroatoms. The zero-order chi connectivity index (χ0) is 20.7. The summed E-state index contributed by atoms with van der Waals surface area (Å²) in [5.41, 5.74) is -0.426. The Labute approximate surface area is 159 Å². The van der Waals surface area contributed by atoms with Gasteiger partial charge >= 0.3 is 6.18 Å². The van der Waals surface area contributed by atoms with E-state index in [4.69, 9.17) is 0 Å². The minimum absolute atomic E-state index is 0.00845. The van der Waals surface area contributed by atoms with Crippen LogP contribution in [0.4, 0.5) is 28.9 Å². The highest BCUT2D eigenvalue weighted by Gasteiger charge is 2.34. The third-order valence-corrected chi connectivity index (χ3v) is 3.73. The first-order valence-corrected chi connectivity index (χ1v) is 8.39. The fraction of sp³-hybridized carbons (Fsp3) is 0.263. The largest absolute Gasteiger partial charge is 0.418 e. The van der Waals surface area contributed by atoms with E-state index in [1.165, 1.54) is 25.1 Å². The van der Waals surface area contributed by atoms with E-state index in [-0.39, 0.29) is 30.3 Å². The number of nitrogens with one attached hydrogen (secondary N) is 3. The smallest absolute Gasteiger partial charge is 0.376 e. The van der Waals surface area contributed by atoms with Gasteiger partial charge < -0.3 is 16.0 Å². The van der Waals surface area contributed by atoms with E-state index in [1.54, 1.807) is 12.1 Å². The maximum atomic E-state index is 13.2. The molecular formula is C19H19F4N3O2. The van der Waals surface area contributed by atoms with Crippen LogP contribution in [-0.2, 0) is 22.2 Å². The van der Waals surface area contributed by atoms with Crippen molar-refractivity contribution >= 4 is 23.2 Å². The topological polar surface area (TPSA) is 70.2 Å². The zero-order valence-corrected chi connectivity index (χ0v) is 15.0. The summed E-state index contributed by atoms with van der Waals surface area (Å²) in [5.74, 6) is -1.34. The molecule has 0 heterocycles. The first-order chi connectivity index (χ1) is 13.1. The minimum atomic E-state index is -4.66. The van der Waals surface area contributed by atoms with Gasteiger partial charge in [-0.25, -0.2) is 4.39 Å². The molecule has 2 amide bonds. The van der Waals surface area contributed by atoms with Gasteiger partial charge in [-0.2, -0.15) is 13.2 Å². The summed E-state index contributed by atoms with van der Waals surface area (Å²) in [7, 11) is 0. The van der Waals surface area contributed by atoms with Crippen molar-refractivity contribution < 1.29 is 27.2 Å². The number of hydrogen-bond donors (Lipinski definition) is 3. The second kappa shape index (κ2) is 9.20. The quantitative estimate of drug-likeness (QED) is 0.626. The lowest BCUT2D eigenvalue weighted by atomic mass is 10.1. The Morgan fingerprint density at radius 1 is 1.04 bits per heavy atom. The van der Waals surface area contributed by atoms with E-state index in [1.807, 2.05) is 0 Å². The number of rotatable bonds is 7. The minimum Gasteiger partial charge on any atom is -0.376 e. The number of hydrogen-bond acceptors (Lipinski definition) is 3. The normalized spacial score (nSPS) is 11.0. The summed E-state index contributed by atoms with van der Waals surface area (Å²) in [6.45, 7) is 1.10. The van der Waals surface area contributed by atoms with Crippen LogP contribution in [0.3, 0.4) is 0 Å². The molecule has 2 rings (SSSR count). The number of alkyl halides is 3. The van der Waals surface area contributed by atoms with Crippen LogP contribution in [0.2, 0.25) is 0 Å². The third kappa shape index (κ3) is 6.57. The van der Waals surface area contributed by atoms with Crippen LogP contribution in [0, 0.1) is 5.82 Å². The molecule has 0 atom stereocenters. The first kappa shape index (κ1) is 21.2. The Bertz CT molecular complexity index is 836. The van der Waals surface area contributed by atoms with Gasteiger partial charge in [-0.3, -0.25) is 9.59 Å². The maximum absolute atomic E-state index is 13.2.